The van der Waals surface area contributed by atoms with Crippen LogP contribution >= 0.6 is 0 Å². The molecule has 0 amide bonds. The first-order chi connectivity index (χ1) is 9.28. The minimum atomic E-state index is 0.769. The number of nitriles is 1. The Kier molecular flexibility index (Phi) is 2.97. The molecular formula is C17H16N2. The van der Waals surface area contributed by atoms with E-state index in [4.69, 9.17) is 0 Å². The Balaban J connectivity index is 1.98. The van der Waals surface area contributed by atoms with Crippen molar-refractivity contribution in [3.63, 3.8) is 0 Å². The standard InChI is InChI=1S/C17H16N2/c1-13-6-7-15(11-18)17(10-13)19-9-8-14-4-2-3-5-16(14)12-19/h2-7,10H,8-9,12H2,1H3. The van der Waals surface area contributed by atoms with Crippen molar-refractivity contribution in [3.05, 3.63) is 64.7 Å². The lowest BCUT2D eigenvalue weighted by molar-refractivity contribution is 0.730. The van der Waals surface area contributed by atoms with Crippen molar-refractivity contribution >= 4 is 5.69 Å². The molecule has 2 aromatic carbocycles. The average Bonchev–Trinajstić information content (AvgIpc) is 2.46. The highest BCUT2D eigenvalue weighted by Crippen LogP contribution is 2.27. The molecule has 0 radical (unpaired) electrons. The Hall–Kier alpha value is -2.27. The van der Waals surface area contributed by atoms with Gasteiger partial charge in [0.1, 0.15) is 6.07 Å². The fourth-order valence-electron chi connectivity index (χ4n) is 2.70. The molecule has 94 valence electrons. The van der Waals surface area contributed by atoms with Gasteiger partial charge in [0, 0.05) is 13.1 Å². The first kappa shape index (κ1) is 11.8. The highest BCUT2D eigenvalue weighted by atomic mass is 15.1. The van der Waals surface area contributed by atoms with Gasteiger partial charge in [-0.2, -0.15) is 5.26 Å². The second-order valence-corrected chi connectivity index (χ2v) is 5.07. The largest absolute Gasteiger partial charge is 0.366 e. The van der Waals surface area contributed by atoms with Crippen LogP contribution in [-0.2, 0) is 13.0 Å². The van der Waals surface area contributed by atoms with E-state index in [0.29, 0.717) is 0 Å². The number of anilines is 1. The van der Waals surface area contributed by atoms with Crippen molar-refractivity contribution in [3.8, 4) is 6.07 Å². The van der Waals surface area contributed by atoms with Crippen molar-refractivity contribution in [1.82, 2.24) is 0 Å². The minimum Gasteiger partial charge on any atom is -0.366 e. The molecule has 0 atom stereocenters. The maximum atomic E-state index is 9.26. The fraction of sp³-hybridized carbons (Fsp3) is 0.235. The Morgan fingerprint density at radius 3 is 2.68 bits per heavy atom. The van der Waals surface area contributed by atoms with Crippen LogP contribution in [0.4, 0.5) is 5.69 Å². The van der Waals surface area contributed by atoms with Gasteiger partial charge in [-0.25, -0.2) is 0 Å². The summed E-state index contributed by atoms with van der Waals surface area (Å²) >= 11 is 0. The summed E-state index contributed by atoms with van der Waals surface area (Å²) in [5.41, 5.74) is 5.85. The second kappa shape index (κ2) is 4.78. The van der Waals surface area contributed by atoms with Gasteiger partial charge in [0.2, 0.25) is 0 Å². The quantitative estimate of drug-likeness (QED) is 0.773. The molecule has 0 aromatic heterocycles. The molecule has 19 heavy (non-hydrogen) atoms. The third-order valence-corrected chi connectivity index (χ3v) is 3.75. The molecule has 0 saturated heterocycles. The van der Waals surface area contributed by atoms with Crippen LogP contribution in [0.25, 0.3) is 0 Å². The van der Waals surface area contributed by atoms with Crippen LogP contribution < -0.4 is 4.90 Å². The molecule has 1 aliphatic heterocycles. The molecule has 3 rings (SSSR count). The van der Waals surface area contributed by atoms with E-state index >= 15 is 0 Å². The maximum absolute atomic E-state index is 9.26. The molecule has 0 unspecified atom stereocenters. The van der Waals surface area contributed by atoms with E-state index in [1.807, 2.05) is 12.1 Å². The molecule has 2 nitrogen and oxygen atoms in total. The number of nitrogens with zero attached hydrogens (tertiary/aromatic N) is 2. The smallest absolute Gasteiger partial charge is 0.101 e. The van der Waals surface area contributed by atoms with E-state index in [0.717, 1.165) is 30.8 Å². The van der Waals surface area contributed by atoms with Crippen molar-refractivity contribution in [2.24, 2.45) is 0 Å². The summed E-state index contributed by atoms with van der Waals surface area (Å²) in [6.07, 6.45) is 1.05. The van der Waals surface area contributed by atoms with Crippen molar-refractivity contribution in [2.45, 2.75) is 19.9 Å². The van der Waals surface area contributed by atoms with Gasteiger partial charge in [0.25, 0.3) is 0 Å². The molecule has 1 heterocycles. The van der Waals surface area contributed by atoms with E-state index < -0.39 is 0 Å². The number of hydrogen-bond acceptors (Lipinski definition) is 2. The zero-order valence-corrected chi connectivity index (χ0v) is 11.1. The topological polar surface area (TPSA) is 27.0 Å². The lowest BCUT2D eigenvalue weighted by atomic mass is 9.98. The van der Waals surface area contributed by atoms with Crippen molar-refractivity contribution in [1.29, 1.82) is 5.26 Å². The second-order valence-electron chi connectivity index (χ2n) is 5.07. The summed E-state index contributed by atoms with van der Waals surface area (Å²) in [4.78, 5) is 2.31. The third-order valence-electron chi connectivity index (χ3n) is 3.75. The molecule has 0 spiro atoms. The van der Waals surface area contributed by atoms with Gasteiger partial charge in [-0.15, -0.1) is 0 Å². The maximum Gasteiger partial charge on any atom is 0.101 e. The van der Waals surface area contributed by atoms with Gasteiger partial charge in [-0.3, -0.25) is 0 Å². The Bertz CT molecular complexity index is 653. The van der Waals surface area contributed by atoms with Crippen LogP contribution in [0.2, 0.25) is 0 Å². The van der Waals surface area contributed by atoms with Gasteiger partial charge in [0.15, 0.2) is 0 Å². The number of hydrogen-bond donors (Lipinski definition) is 0. The van der Waals surface area contributed by atoms with Crippen LogP contribution in [0.15, 0.2) is 42.5 Å². The Morgan fingerprint density at radius 2 is 1.89 bits per heavy atom. The van der Waals surface area contributed by atoms with E-state index in [1.54, 1.807) is 0 Å². The molecule has 1 aliphatic rings. The summed E-state index contributed by atoms with van der Waals surface area (Å²) in [7, 11) is 0. The van der Waals surface area contributed by atoms with Gasteiger partial charge >= 0.3 is 0 Å². The fourth-order valence-corrected chi connectivity index (χ4v) is 2.70. The van der Waals surface area contributed by atoms with Crippen LogP contribution in [0, 0.1) is 18.3 Å². The van der Waals surface area contributed by atoms with Crippen LogP contribution in [-0.4, -0.2) is 6.54 Å². The normalized spacial score (nSPS) is 13.8. The van der Waals surface area contributed by atoms with Gasteiger partial charge in [-0.1, -0.05) is 30.3 Å². The first-order valence-corrected chi connectivity index (χ1v) is 6.60. The van der Waals surface area contributed by atoms with Crippen LogP contribution in [0.3, 0.4) is 0 Å². The zero-order chi connectivity index (χ0) is 13.2. The summed E-state index contributed by atoms with van der Waals surface area (Å²) in [6.45, 7) is 3.95. The summed E-state index contributed by atoms with van der Waals surface area (Å²) in [6, 6.07) is 16.9. The number of benzene rings is 2. The average molecular weight is 248 g/mol. The lowest BCUT2D eigenvalue weighted by Crippen LogP contribution is -2.30. The minimum absolute atomic E-state index is 0.769. The van der Waals surface area contributed by atoms with Gasteiger partial charge in [0.05, 0.1) is 11.3 Å². The Morgan fingerprint density at radius 1 is 1.11 bits per heavy atom. The summed E-state index contributed by atoms with van der Waals surface area (Å²) < 4.78 is 0. The van der Waals surface area contributed by atoms with E-state index in [1.165, 1.54) is 16.7 Å². The molecule has 0 fully saturated rings. The third kappa shape index (κ3) is 2.20. The van der Waals surface area contributed by atoms with Crippen molar-refractivity contribution < 1.29 is 0 Å². The Labute approximate surface area is 113 Å². The monoisotopic (exact) mass is 248 g/mol. The number of aryl methyl sites for hydroxylation is 1. The lowest BCUT2D eigenvalue weighted by Gasteiger charge is -2.31. The molecule has 0 aliphatic carbocycles. The van der Waals surface area contributed by atoms with E-state index in [2.05, 4.69) is 48.2 Å². The van der Waals surface area contributed by atoms with Crippen LogP contribution in [0.5, 0.6) is 0 Å². The summed E-state index contributed by atoms with van der Waals surface area (Å²) in [5, 5.41) is 9.26. The van der Waals surface area contributed by atoms with E-state index in [9.17, 15) is 5.26 Å². The highest BCUT2D eigenvalue weighted by Gasteiger charge is 2.18. The number of fused-ring (bicyclic) bond motifs is 1. The molecular weight excluding hydrogens is 232 g/mol. The summed E-state index contributed by atoms with van der Waals surface area (Å²) in [5.74, 6) is 0. The SMILES string of the molecule is Cc1ccc(C#N)c(N2CCc3ccccc3C2)c1. The molecule has 2 aromatic rings. The predicted octanol–water partition coefficient (Wildman–Crippen LogP) is 3.43. The molecule has 0 saturated carbocycles. The van der Waals surface area contributed by atoms with Crippen LogP contribution in [0.1, 0.15) is 22.3 Å². The zero-order valence-electron chi connectivity index (χ0n) is 11.1. The molecule has 0 N–H and O–H groups in total. The molecule has 0 bridgehead atoms. The molecule has 2 heteroatoms. The van der Waals surface area contributed by atoms with E-state index in [-0.39, 0.29) is 0 Å². The first-order valence-electron chi connectivity index (χ1n) is 6.60. The highest BCUT2D eigenvalue weighted by molar-refractivity contribution is 5.61. The van der Waals surface area contributed by atoms with Gasteiger partial charge in [-0.05, 0) is 42.2 Å². The van der Waals surface area contributed by atoms with Gasteiger partial charge < -0.3 is 4.90 Å². The number of rotatable bonds is 1. The van der Waals surface area contributed by atoms with Crippen molar-refractivity contribution in [2.75, 3.05) is 11.4 Å². The predicted molar refractivity (Wildman–Crippen MR) is 77.1 cm³/mol.